The normalized spacial score (nSPS) is 23.8. The molecule has 1 atom stereocenters. The lowest BCUT2D eigenvalue weighted by Gasteiger charge is -2.61. The Morgan fingerprint density at radius 3 is 2.61 bits per heavy atom. The van der Waals surface area contributed by atoms with Crippen LogP contribution in [0.15, 0.2) is 41.5 Å². The van der Waals surface area contributed by atoms with Gasteiger partial charge in [-0.1, -0.05) is 19.4 Å². The highest BCUT2D eigenvalue weighted by molar-refractivity contribution is 6.03. The van der Waals surface area contributed by atoms with Crippen molar-refractivity contribution < 1.29 is 19.0 Å². The lowest BCUT2D eigenvalue weighted by atomic mass is 9.55. The number of nitrogens with two attached hydrogens (primary N) is 1. The van der Waals surface area contributed by atoms with E-state index in [0.717, 1.165) is 30.4 Å². The van der Waals surface area contributed by atoms with Crippen molar-refractivity contribution in [2.45, 2.75) is 51.2 Å². The number of pyridine rings is 1. The quantitative estimate of drug-likeness (QED) is 0.723. The second kappa shape index (κ2) is 7.73. The van der Waals surface area contributed by atoms with Gasteiger partial charge in [-0.3, -0.25) is 9.78 Å². The number of ether oxygens (including phenoxy) is 3. The molecule has 8 nitrogen and oxygen atoms in total. The summed E-state index contributed by atoms with van der Waals surface area (Å²) in [7, 11) is 0. The first kappa shape index (κ1) is 21.7. The van der Waals surface area contributed by atoms with Crippen molar-refractivity contribution in [3.63, 3.8) is 0 Å². The van der Waals surface area contributed by atoms with Crippen molar-refractivity contribution in [2.75, 3.05) is 25.1 Å². The molecule has 1 aromatic carbocycles. The molecule has 1 fully saturated rings. The predicted molar refractivity (Wildman–Crippen MR) is 124 cm³/mol. The number of amidine groups is 1. The number of hydrogen-bond acceptors (Lipinski definition) is 7. The van der Waals surface area contributed by atoms with Crippen LogP contribution in [-0.2, 0) is 21.4 Å². The molecular weight excluding hydrogens is 420 g/mol. The molecular formula is C25H30N4O4. The number of amides is 1. The highest BCUT2D eigenvalue weighted by Gasteiger charge is 2.71. The predicted octanol–water partition coefficient (Wildman–Crippen LogP) is 3.40. The van der Waals surface area contributed by atoms with E-state index in [4.69, 9.17) is 24.9 Å². The van der Waals surface area contributed by atoms with Crippen molar-refractivity contribution in [2.24, 2.45) is 16.1 Å². The van der Waals surface area contributed by atoms with Crippen molar-refractivity contribution in [1.82, 2.24) is 4.98 Å². The average molecular weight is 451 g/mol. The van der Waals surface area contributed by atoms with E-state index in [2.05, 4.69) is 31.1 Å². The zero-order chi connectivity index (χ0) is 23.3. The maximum absolute atomic E-state index is 12.9. The summed E-state index contributed by atoms with van der Waals surface area (Å²) in [5, 5.41) is 2.96. The summed E-state index contributed by atoms with van der Waals surface area (Å²) in [5.41, 5.74) is 7.26. The Hall–Kier alpha value is -3.13. The summed E-state index contributed by atoms with van der Waals surface area (Å²) in [4.78, 5) is 22.0. The van der Waals surface area contributed by atoms with Gasteiger partial charge in [-0.05, 0) is 56.5 Å². The van der Waals surface area contributed by atoms with Crippen molar-refractivity contribution in [3.8, 4) is 5.75 Å². The Balaban J connectivity index is 1.46. The van der Waals surface area contributed by atoms with E-state index >= 15 is 0 Å². The van der Waals surface area contributed by atoms with Gasteiger partial charge < -0.3 is 25.3 Å². The van der Waals surface area contributed by atoms with Crippen LogP contribution in [0, 0.1) is 5.41 Å². The summed E-state index contributed by atoms with van der Waals surface area (Å²) in [5.74, 6) is 0.437. The summed E-state index contributed by atoms with van der Waals surface area (Å²) in [6, 6.07) is 9.49. The van der Waals surface area contributed by atoms with Gasteiger partial charge in [0, 0.05) is 17.4 Å². The topological polar surface area (TPSA) is 108 Å². The van der Waals surface area contributed by atoms with Gasteiger partial charge in [0.05, 0.1) is 18.6 Å². The Morgan fingerprint density at radius 2 is 2.00 bits per heavy atom. The number of fused-ring (bicyclic) bond motifs is 3. The molecule has 33 heavy (non-hydrogen) atoms. The van der Waals surface area contributed by atoms with E-state index in [9.17, 15) is 4.79 Å². The lowest BCUT2D eigenvalue weighted by molar-refractivity contribution is -0.247. The van der Waals surface area contributed by atoms with E-state index in [0.29, 0.717) is 37.0 Å². The Bertz CT molecular complexity index is 1110. The monoisotopic (exact) mass is 450 g/mol. The summed E-state index contributed by atoms with van der Waals surface area (Å²) in [6.45, 7) is 7.54. The number of aromatic nitrogens is 1. The van der Waals surface area contributed by atoms with E-state index < -0.39 is 16.6 Å². The number of aryl methyl sites for hydroxylation is 1. The minimum absolute atomic E-state index is 0.159. The lowest BCUT2D eigenvalue weighted by Crippen LogP contribution is -2.71. The molecule has 1 amide bonds. The fourth-order valence-corrected chi connectivity index (χ4v) is 5.14. The average Bonchev–Trinajstić information content (AvgIpc) is 3.13. The molecule has 3 aliphatic heterocycles. The fraction of sp³-hybridized carbons (Fsp3) is 0.480. The maximum atomic E-state index is 12.9. The molecule has 174 valence electrons. The Morgan fingerprint density at radius 1 is 1.18 bits per heavy atom. The number of hydrogen-bond donors (Lipinski definition) is 2. The van der Waals surface area contributed by atoms with E-state index in [1.54, 1.807) is 12.3 Å². The third-order valence-corrected chi connectivity index (χ3v) is 7.30. The Kier molecular flexibility index (Phi) is 5.08. The summed E-state index contributed by atoms with van der Waals surface area (Å²) < 4.78 is 17.7. The number of nitrogens with zero attached hydrogens (tertiary/aromatic N) is 2. The third kappa shape index (κ3) is 3.27. The highest BCUT2D eigenvalue weighted by Crippen LogP contribution is 2.62. The van der Waals surface area contributed by atoms with Gasteiger partial charge in [-0.15, -0.1) is 0 Å². The van der Waals surface area contributed by atoms with Gasteiger partial charge in [-0.25, -0.2) is 4.99 Å². The van der Waals surface area contributed by atoms with Crippen LogP contribution in [-0.4, -0.2) is 42.3 Å². The minimum atomic E-state index is -0.744. The van der Waals surface area contributed by atoms with Gasteiger partial charge in [0.1, 0.15) is 29.2 Å². The molecule has 8 heteroatoms. The minimum Gasteiger partial charge on any atom is -0.487 e. The molecule has 1 aromatic heterocycles. The van der Waals surface area contributed by atoms with Gasteiger partial charge in [0.15, 0.2) is 0 Å². The molecule has 1 saturated heterocycles. The van der Waals surface area contributed by atoms with E-state index in [1.165, 1.54) is 0 Å². The first-order chi connectivity index (χ1) is 15.8. The molecule has 3 N–H and O–H groups in total. The largest absolute Gasteiger partial charge is 0.487 e. The summed E-state index contributed by atoms with van der Waals surface area (Å²) in [6.07, 6.45) is 4.96. The number of rotatable bonds is 5. The number of carbonyl (C=O) groups excluding carboxylic acids is 1. The van der Waals surface area contributed by atoms with Crippen LogP contribution < -0.4 is 15.8 Å². The number of carbonyl (C=O) groups is 1. The number of benzene rings is 1. The van der Waals surface area contributed by atoms with Gasteiger partial charge in [0.2, 0.25) is 0 Å². The summed E-state index contributed by atoms with van der Waals surface area (Å²) >= 11 is 0. The maximum Gasteiger partial charge on any atom is 0.283 e. The number of nitrogens with one attached hydrogen (secondary N) is 1. The zero-order valence-electron chi connectivity index (χ0n) is 19.3. The molecule has 0 saturated carbocycles. The Labute approximate surface area is 193 Å². The van der Waals surface area contributed by atoms with Crippen LogP contribution in [0.25, 0.3) is 0 Å². The first-order valence-corrected chi connectivity index (χ1v) is 11.5. The smallest absolute Gasteiger partial charge is 0.283 e. The molecule has 0 bridgehead atoms. The number of aliphatic imine (C=N–C) groups is 1. The van der Waals surface area contributed by atoms with Crippen LogP contribution in [0.5, 0.6) is 5.75 Å². The molecule has 0 aliphatic carbocycles. The molecule has 3 aliphatic rings. The number of unbranched alkanes of at least 4 members (excludes halogenated alkanes) is 1. The standard InChI is InChI=1S/C25H30N4O4/c1-4-5-6-16-7-9-19(27-12-16)21(30)28-17-8-10-20-18(11-17)25(15-32-22(26)29-25)24(13-31-14-24)23(2,3)33-20/h7-12H,4-6,13-15H2,1-3H3,(H2,26,29)(H,28,30). The zero-order valence-corrected chi connectivity index (χ0v) is 19.3. The molecule has 1 unspecified atom stereocenters. The van der Waals surface area contributed by atoms with Crippen molar-refractivity contribution in [1.29, 1.82) is 0 Å². The van der Waals surface area contributed by atoms with E-state index in [1.807, 2.05) is 24.3 Å². The van der Waals surface area contributed by atoms with Gasteiger partial charge in [0.25, 0.3) is 11.9 Å². The number of anilines is 1. The van der Waals surface area contributed by atoms with Crippen LogP contribution >= 0.6 is 0 Å². The molecule has 2 aromatic rings. The van der Waals surface area contributed by atoms with Crippen LogP contribution in [0.2, 0.25) is 0 Å². The first-order valence-electron chi connectivity index (χ1n) is 11.5. The van der Waals surface area contributed by atoms with Crippen molar-refractivity contribution in [3.05, 3.63) is 53.3 Å². The fourth-order valence-electron chi connectivity index (χ4n) is 5.14. The highest BCUT2D eigenvalue weighted by atomic mass is 16.5. The molecule has 0 radical (unpaired) electrons. The molecule has 2 spiro atoms. The third-order valence-electron chi connectivity index (χ3n) is 7.30. The van der Waals surface area contributed by atoms with Gasteiger partial charge >= 0.3 is 0 Å². The second-order valence-electron chi connectivity index (χ2n) is 9.61. The van der Waals surface area contributed by atoms with Crippen molar-refractivity contribution >= 4 is 17.6 Å². The van der Waals surface area contributed by atoms with Crippen LogP contribution in [0.4, 0.5) is 5.69 Å². The van der Waals surface area contributed by atoms with Crippen LogP contribution in [0.1, 0.15) is 55.2 Å². The second-order valence-corrected chi connectivity index (χ2v) is 9.61. The molecule has 4 heterocycles. The van der Waals surface area contributed by atoms with Crippen LogP contribution in [0.3, 0.4) is 0 Å². The molecule has 5 rings (SSSR count). The van der Waals surface area contributed by atoms with Gasteiger partial charge in [-0.2, -0.15) is 0 Å². The van der Waals surface area contributed by atoms with E-state index in [-0.39, 0.29) is 11.9 Å². The SMILES string of the molecule is CCCCc1ccc(C(=O)Nc2ccc3c(c2)C2(COC(N)=N2)C2(COC2)C(C)(C)O3)nc1.